The van der Waals surface area contributed by atoms with Crippen LogP contribution in [0.25, 0.3) is 0 Å². The number of halogens is 1. The van der Waals surface area contributed by atoms with Crippen molar-refractivity contribution in [2.24, 2.45) is 5.92 Å². The molecule has 2 aliphatic rings. The number of hydrogen-bond donors (Lipinski definition) is 3. The van der Waals surface area contributed by atoms with E-state index in [1.807, 2.05) is 55.5 Å². The summed E-state index contributed by atoms with van der Waals surface area (Å²) in [4.78, 5) is 13.1. The molecule has 2 aliphatic heterocycles. The van der Waals surface area contributed by atoms with Gasteiger partial charge in [-0.05, 0) is 49.5 Å². The molecule has 2 aromatic carbocycles. The van der Waals surface area contributed by atoms with Crippen molar-refractivity contribution in [3.05, 3.63) is 58.6 Å². The maximum Gasteiger partial charge on any atom is 0.236 e. The minimum Gasteiger partial charge on any atom is -0.467 e. The Balaban J connectivity index is 1.74. The van der Waals surface area contributed by atoms with Crippen molar-refractivity contribution >= 4 is 44.9 Å². The Labute approximate surface area is 159 Å². The monoisotopic (exact) mass is 417 g/mol. The first-order valence-electron chi connectivity index (χ1n) is 7.89. The number of nitrogens with one attached hydrogen (secondary N) is 3. The predicted molar refractivity (Wildman–Crippen MR) is 103 cm³/mol. The number of carbonyl (C=O) groups excluding carboxylic acids is 1. The molecule has 1 amide bonds. The molecule has 1 fully saturated rings. The summed E-state index contributed by atoms with van der Waals surface area (Å²) in [5.41, 5.74) is 0.730. The van der Waals surface area contributed by atoms with E-state index in [4.69, 9.17) is 17.0 Å². The Hall–Kier alpha value is -2.12. The van der Waals surface area contributed by atoms with Crippen LogP contribution in [0.1, 0.15) is 18.5 Å². The van der Waals surface area contributed by atoms with Gasteiger partial charge in [0.1, 0.15) is 11.7 Å². The van der Waals surface area contributed by atoms with Crippen LogP contribution in [0.3, 0.4) is 0 Å². The molecule has 0 aromatic heterocycles. The zero-order valence-electron chi connectivity index (χ0n) is 13.4. The van der Waals surface area contributed by atoms with Crippen molar-refractivity contribution in [2.45, 2.75) is 18.7 Å². The molecule has 25 heavy (non-hydrogen) atoms. The van der Waals surface area contributed by atoms with Gasteiger partial charge in [-0.2, -0.15) is 0 Å². The number of amides is 1. The van der Waals surface area contributed by atoms with Gasteiger partial charge in [0, 0.05) is 15.7 Å². The Morgan fingerprint density at radius 2 is 2.04 bits per heavy atom. The molecule has 128 valence electrons. The third-order valence-corrected chi connectivity index (χ3v) is 5.24. The molecule has 2 bridgehead atoms. The van der Waals surface area contributed by atoms with Gasteiger partial charge in [0.25, 0.3) is 0 Å². The molecular weight excluding hydrogens is 402 g/mol. The normalized spacial score (nSPS) is 26.6. The highest BCUT2D eigenvalue weighted by molar-refractivity contribution is 9.10. The average Bonchev–Trinajstić information content (AvgIpc) is 2.55. The van der Waals surface area contributed by atoms with E-state index in [-0.39, 0.29) is 11.9 Å². The highest BCUT2D eigenvalue weighted by Crippen LogP contribution is 2.45. The fraction of sp³-hybridized carbons (Fsp3) is 0.222. The fourth-order valence-corrected chi connectivity index (χ4v) is 4.16. The van der Waals surface area contributed by atoms with E-state index in [1.165, 1.54) is 0 Å². The van der Waals surface area contributed by atoms with Gasteiger partial charge in [-0.3, -0.25) is 4.79 Å². The second kappa shape index (κ2) is 6.00. The standard InChI is InChI=1S/C18H16BrN3O2S/c1-18-14(16(23)20-11-5-3-2-4-6-11)15(21-17(25)22-18)12-9-10(19)7-8-13(12)24-18/h2-9,14-15H,1H3,(H,20,23)(H2,21,22,25)/t14-,15+,18+/m1/s1. The lowest BCUT2D eigenvalue weighted by Crippen LogP contribution is -2.70. The topological polar surface area (TPSA) is 62.4 Å². The molecule has 4 rings (SSSR count). The van der Waals surface area contributed by atoms with Crippen LogP contribution in [-0.4, -0.2) is 16.7 Å². The number of hydrogen-bond acceptors (Lipinski definition) is 3. The van der Waals surface area contributed by atoms with E-state index in [9.17, 15) is 4.79 Å². The molecule has 2 aromatic rings. The Kier molecular flexibility index (Phi) is 3.92. The van der Waals surface area contributed by atoms with Gasteiger partial charge in [0.05, 0.1) is 6.04 Å². The Morgan fingerprint density at radius 3 is 2.80 bits per heavy atom. The molecular formula is C18H16BrN3O2S. The highest BCUT2D eigenvalue weighted by Gasteiger charge is 2.54. The average molecular weight is 418 g/mol. The molecule has 1 saturated heterocycles. The maximum absolute atomic E-state index is 13.1. The van der Waals surface area contributed by atoms with E-state index in [2.05, 4.69) is 31.9 Å². The van der Waals surface area contributed by atoms with E-state index >= 15 is 0 Å². The predicted octanol–water partition coefficient (Wildman–Crippen LogP) is 3.33. The van der Waals surface area contributed by atoms with Crippen molar-refractivity contribution in [3.8, 4) is 5.75 Å². The van der Waals surface area contributed by atoms with Crippen molar-refractivity contribution in [3.63, 3.8) is 0 Å². The quantitative estimate of drug-likeness (QED) is 0.654. The number of thiocarbonyl (C=S) groups is 1. The summed E-state index contributed by atoms with van der Waals surface area (Å²) < 4.78 is 7.09. The molecule has 0 unspecified atom stereocenters. The van der Waals surface area contributed by atoms with Crippen molar-refractivity contribution in [2.75, 3.05) is 5.32 Å². The molecule has 0 aliphatic carbocycles. The molecule has 2 heterocycles. The molecule has 0 spiro atoms. The summed E-state index contributed by atoms with van der Waals surface area (Å²) >= 11 is 8.80. The summed E-state index contributed by atoms with van der Waals surface area (Å²) in [6.07, 6.45) is 0. The first-order chi connectivity index (χ1) is 12.0. The van der Waals surface area contributed by atoms with Crippen molar-refractivity contribution in [1.29, 1.82) is 0 Å². The van der Waals surface area contributed by atoms with Crippen LogP contribution < -0.4 is 20.7 Å². The number of fused-ring (bicyclic) bond motifs is 4. The molecule has 3 N–H and O–H groups in total. The number of rotatable bonds is 2. The zero-order chi connectivity index (χ0) is 17.6. The Morgan fingerprint density at radius 1 is 1.28 bits per heavy atom. The van der Waals surface area contributed by atoms with Crippen molar-refractivity contribution in [1.82, 2.24) is 10.6 Å². The lowest BCUT2D eigenvalue weighted by molar-refractivity contribution is -0.132. The maximum atomic E-state index is 13.1. The lowest BCUT2D eigenvalue weighted by atomic mass is 9.80. The van der Waals surface area contributed by atoms with Gasteiger partial charge in [0.2, 0.25) is 5.91 Å². The first kappa shape index (κ1) is 16.4. The second-order valence-corrected chi connectivity index (χ2v) is 7.62. The van der Waals surface area contributed by atoms with E-state index < -0.39 is 11.6 Å². The molecule has 0 radical (unpaired) electrons. The van der Waals surface area contributed by atoms with Crippen LogP contribution in [0.5, 0.6) is 5.75 Å². The zero-order valence-corrected chi connectivity index (χ0v) is 15.8. The molecule has 5 nitrogen and oxygen atoms in total. The van der Waals surface area contributed by atoms with E-state index in [0.717, 1.165) is 21.5 Å². The van der Waals surface area contributed by atoms with Crippen LogP contribution in [0.15, 0.2) is 53.0 Å². The number of para-hydroxylation sites is 1. The second-order valence-electron chi connectivity index (χ2n) is 6.30. The number of anilines is 1. The summed E-state index contributed by atoms with van der Waals surface area (Å²) in [5, 5.41) is 9.80. The van der Waals surface area contributed by atoms with Gasteiger partial charge in [0.15, 0.2) is 10.8 Å². The van der Waals surface area contributed by atoms with Gasteiger partial charge in [-0.25, -0.2) is 0 Å². The lowest BCUT2D eigenvalue weighted by Gasteiger charge is -2.50. The third-order valence-electron chi connectivity index (χ3n) is 4.53. The summed E-state index contributed by atoms with van der Waals surface area (Å²) in [6, 6.07) is 14.9. The summed E-state index contributed by atoms with van der Waals surface area (Å²) in [6.45, 7) is 1.85. The first-order valence-corrected chi connectivity index (χ1v) is 9.09. The number of carbonyl (C=O) groups is 1. The van der Waals surface area contributed by atoms with Crippen LogP contribution in [-0.2, 0) is 4.79 Å². The number of ether oxygens (including phenoxy) is 1. The Bertz CT molecular complexity index is 861. The molecule has 0 saturated carbocycles. The van der Waals surface area contributed by atoms with Gasteiger partial charge in [-0.1, -0.05) is 34.1 Å². The van der Waals surface area contributed by atoms with Crippen LogP contribution in [0, 0.1) is 5.92 Å². The van der Waals surface area contributed by atoms with Crippen LogP contribution in [0.2, 0.25) is 0 Å². The van der Waals surface area contributed by atoms with Crippen LogP contribution in [0.4, 0.5) is 5.69 Å². The largest absolute Gasteiger partial charge is 0.467 e. The summed E-state index contributed by atoms with van der Waals surface area (Å²) in [7, 11) is 0. The summed E-state index contributed by atoms with van der Waals surface area (Å²) in [5.74, 6) is 0.106. The van der Waals surface area contributed by atoms with Gasteiger partial charge >= 0.3 is 0 Å². The van der Waals surface area contributed by atoms with Gasteiger partial charge in [-0.15, -0.1) is 0 Å². The van der Waals surface area contributed by atoms with Crippen molar-refractivity contribution < 1.29 is 9.53 Å². The van der Waals surface area contributed by atoms with E-state index in [0.29, 0.717) is 5.11 Å². The smallest absolute Gasteiger partial charge is 0.236 e. The third kappa shape index (κ3) is 2.87. The van der Waals surface area contributed by atoms with Gasteiger partial charge < -0.3 is 20.7 Å². The fourth-order valence-electron chi connectivity index (χ4n) is 3.45. The SMILES string of the molecule is C[C@]12NC(=S)N[C@@H](c3cc(Br)ccc3O1)[C@@H]2C(=O)Nc1ccccc1. The van der Waals surface area contributed by atoms with E-state index in [1.54, 1.807) is 0 Å². The molecule has 3 atom stereocenters. The molecule has 7 heteroatoms. The number of benzene rings is 2. The van der Waals surface area contributed by atoms with Crippen LogP contribution >= 0.6 is 28.1 Å². The minimum absolute atomic E-state index is 0.133. The minimum atomic E-state index is -0.924. The highest BCUT2D eigenvalue weighted by atomic mass is 79.9.